The first-order chi connectivity index (χ1) is 7.76. The van der Waals surface area contributed by atoms with Crippen LogP contribution in [0.15, 0.2) is 18.2 Å². The van der Waals surface area contributed by atoms with Crippen LogP contribution in [0.5, 0.6) is 0 Å². The third-order valence-electron chi connectivity index (χ3n) is 3.81. The third kappa shape index (κ3) is 2.70. The minimum atomic E-state index is 0.0186. The number of nitrogens with two attached hydrogens (primary N) is 2. The van der Waals surface area contributed by atoms with E-state index >= 15 is 0 Å². The minimum Gasteiger partial charge on any atom is -0.330 e. The molecular weight excluding hydrogens is 208 g/mol. The molecule has 0 amide bonds. The normalized spacial score (nSPS) is 12.9. The van der Waals surface area contributed by atoms with Crippen LogP contribution in [-0.2, 0) is 10.8 Å². The van der Waals surface area contributed by atoms with Gasteiger partial charge in [0.1, 0.15) is 0 Å². The van der Waals surface area contributed by atoms with Crippen LogP contribution in [0.1, 0.15) is 44.4 Å². The van der Waals surface area contributed by atoms with Crippen LogP contribution in [0.4, 0.5) is 0 Å². The maximum Gasteiger partial charge on any atom is 0.00217 e. The van der Waals surface area contributed by atoms with E-state index in [9.17, 15) is 0 Å². The Hall–Kier alpha value is -0.860. The van der Waals surface area contributed by atoms with E-state index < -0.39 is 0 Å². The maximum absolute atomic E-state index is 5.87. The molecule has 0 spiro atoms. The fourth-order valence-electron chi connectivity index (χ4n) is 2.32. The number of hydrogen-bond acceptors (Lipinski definition) is 2. The van der Waals surface area contributed by atoms with Crippen molar-refractivity contribution in [3.8, 4) is 0 Å². The molecule has 0 aliphatic heterocycles. The molecule has 0 atom stereocenters. The Morgan fingerprint density at radius 2 is 1.24 bits per heavy atom. The second-order valence-corrected chi connectivity index (χ2v) is 6.15. The highest BCUT2D eigenvalue weighted by Gasteiger charge is 2.26. The van der Waals surface area contributed by atoms with Crippen molar-refractivity contribution in [2.75, 3.05) is 13.1 Å². The quantitative estimate of drug-likeness (QED) is 0.841. The summed E-state index contributed by atoms with van der Waals surface area (Å²) in [7, 11) is 0. The van der Waals surface area contributed by atoms with Crippen molar-refractivity contribution >= 4 is 0 Å². The second kappa shape index (κ2) is 4.79. The van der Waals surface area contributed by atoms with Gasteiger partial charge in [-0.15, -0.1) is 0 Å². The highest BCUT2D eigenvalue weighted by molar-refractivity contribution is 5.42. The molecule has 2 heteroatoms. The molecule has 0 aromatic heterocycles. The summed E-state index contributed by atoms with van der Waals surface area (Å²) in [5.41, 5.74) is 15.8. The van der Waals surface area contributed by atoms with E-state index in [0.717, 1.165) is 0 Å². The highest BCUT2D eigenvalue weighted by atomic mass is 14.6. The van der Waals surface area contributed by atoms with Gasteiger partial charge < -0.3 is 11.5 Å². The van der Waals surface area contributed by atoms with E-state index in [4.69, 9.17) is 11.5 Å². The van der Waals surface area contributed by atoms with Crippen LogP contribution in [-0.4, -0.2) is 13.1 Å². The van der Waals surface area contributed by atoms with Crippen molar-refractivity contribution in [1.29, 1.82) is 0 Å². The first kappa shape index (κ1) is 14.2. The summed E-state index contributed by atoms with van der Waals surface area (Å²) < 4.78 is 0. The molecule has 4 N–H and O–H groups in total. The van der Waals surface area contributed by atoms with Gasteiger partial charge in [0.25, 0.3) is 0 Å². The molecule has 1 aromatic carbocycles. The lowest BCUT2D eigenvalue weighted by Gasteiger charge is -2.31. The van der Waals surface area contributed by atoms with Gasteiger partial charge in [0.2, 0.25) is 0 Å². The van der Waals surface area contributed by atoms with E-state index in [1.165, 1.54) is 16.7 Å². The number of hydrogen-bond donors (Lipinski definition) is 2. The molecule has 0 heterocycles. The fraction of sp³-hybridized carbons (Fsp3) is 0.600. The van der Waals surface area contributed by atoms with Crippen molar-refractivity contribution < 1.29 is 0 Å². The van der Waals surface area contributed by atoms with Gasteiger partial charge in [0, 0.05) is 23.9 Å². The summed E-state index contributed by atoms with van der Waals surface area (Å²) >= 11 is 0. The Kier molecular flexibility index (Phi) is 4.00. The van der Waals surface area contributed by atoms with E-state index in [1.54, 1.807) is 0 Å². The topological polar surface area (TPSA) is 52.0 Å². The van der Waals surface area contributed by atoms with Crippen LogP contribution in [0.3, 0.4) is 0 Å². The first-order valence-corrected chi connectivity index (χ1v) is 6.27. The van der Waals surface area contributed by atoms with Crippen LogP contribution in [0.2, 0.25) is 0 Å². The minimum absolute atomic E-state index is 0.0186. The Labute approximate surface area is 105 Å². The molecule has 2 nitrogen and oxygen atoms in total. The molecule has 0 aliphatic rings. The van der Waals surface area contributed by atoms with Crippen LogP contribution in [0, 0.1) is 6.92 Å². The molecule has 0 bridgehead atoms. The number of benzene rings is 1. The lowest BCUT2D eigenvalue weighted by atomic mass is 9.75. The van der Waals surface area contributed by atoms with Crippen LogP contribution >= 0.6 is 0 Å². The summed E-state index contributed by atoms with van der Waals surface area (Å²) in [4.78, 5) is 0. The van der Waals surface area contributed by atoms with E-state index in [1.807, 2.05) is 0 Å². The average Bonchev–Trinajstić information content (AvgIpc) is 2.28. The van der Waals surface area contributed by atoms with Gasteiger partial charge in [-0.3, -0.25) is 0 Å². The van der Waals surface area contributed by atoms with Gasteiger partial charge in [-0.05, 0) is 23.6 Å². The third-order valence-corrected chi connectivity index (χ3v) is 3.81. The van der Waals surface area contributed by atoms with Gasteiger partial charge in [-0.25, -0.2) is 0 Å². The van der Waals surface area contributed by atoms with Gasteiger partial charge in [0.05, 0.1) is 0 Å². The Morgan fingerprint density at radius 1 is 0.882 bits per heavy atom. The Morgan fingerprint density at radius 3 is 1.53 bits per heavy atom. The molecule has 1 aromatic rings. The van der Waals surface area contributed by atoms with Crippen molar-refractivity contribution in [3.63, 3.8) is 0 Å². The molecular formula is C15H26N2. The van der Waals surface area contributed by atoms with E-state index in [0.29, 0.717) is 13.1 Å². The van der Waals surface area contributed by atoms with Crippen molar-refractivity contribution in [2.24, 2.45) is 11.5 Å². The van der Waals surface area contributed by atoms with Crippen molar-refractivity contribution in [3.05, 3.63) is 34.9 Å². The predicted octanol–water partition coefficient (Wildman–Crippen LogP) is 2.47. The standard InChI is InChI=1S/C15H26N2/c1-11-12(14(2,3)9-16)7-6-8-13(11)15(4,5)10-17/h6-8H,9-10,16-17H2,1-5H3. The van der Waals surface area contributed by atoms with Crippen LogP contribution in [0.25, 0.3) is 0 Å². The molecule has 0 saturated heterocycles. The van der Waals surface area contributed by atoms with E-state index in [-0.39, 0.29) is 10.8 Å². The van der Waals surface area contributed by atoms with Gasteiger partial charge in [0.15, 0.2) is 0 Å². The smallest absolute Gasteiger partial charge is 0.00217 e. The summed E-state index contributed by atoms with van der Waals surface area (Å²) in [5.74, 6) is 0. The molecule has 17 heavy (non-hydrogen) atoms. The SMILES string of the molecule is Cc1c(C(C)(C)CN)cccc1C(C)(C)CN. The van der Waals surface area contributed by atoms with Crippen LogP contribution < -0.4 is 11.5 Å². The molecule has 0 radical (unpaired) electrons. The van der Waals surface area contributed by atoms with Gasteiger partial charge in [-0.2, -0.15) is 0 Å². The monoisotopic (exact) mass is 234 g/mol. The molecule has 0 fully saturated rings. The first-order valence-electron chi connectivity index (χ1n) is 6.27. The zero-order valence-corrected chi connectivity index (χ0v) is 11.8. The average molecular weight is 234 g/mol. The zero-order valence-electron chi connectivity index (χ0n) is 11.8. The Bertz CT molecular complexity index is 358. The van der Waals surface area contributed by atoms with Gasteiger partial charge >= 0.3 is 0 Å². The second-order valence-electron chi connectivity index (χ2n) is 6.15. The lowest BCUT2D eigenvalue weighted by Crippen LogP contribution is -2.32. The largest absolute Gasteiger partial charge is 0.330 e. The highest BCUT2D eigenvalue weighted by Crippen LogP contribution is 2.32. The Balaban J connectivity index is 3.36. The fourth-order valence-corrected chi connectivity index (χ4v) is 2.32. The zero-order chi connectivity index (χ0) is 13.3. The van der Waals surface area contributed by atoms with Crippen molar-refractivity contribution in [1.82, 2.24) is 0 Å². The number of rotatable bonds is 4. The molecule has 96 valence electrons. The lowest BCUT2D eigenvalue weighted by molar-refractivity contribution is 0.514. The summed E-state index contributed by atoms with van der Waals surface area (Å²) in [6.45, 7) is 12.2. The molecule has 0 unspecified atom stereocenters. The van der Waals surface area contributed by atoms with Gasteiger partial charge in [-0.1, -0.05) is 45.9 Å². The summed E-state index contributed by atoms with van der Waals surface area (Å²) in [5, 5.41) is 0. The van der Waals surface area contributed by atoms with E-state index in [2.05, 4.69) is 52.8 Å². The van der Waals surface area contributed by atoms with Crippen molar-refractivity contribution in [2.45, 2.75) is 45.4 Å². The predicted molar refractivity (Wildman–Crippen MR) is 75.3 cm³/mol. The molecule has 0 aliphatic carbocycles. The molecule has 1 rings (SSSR count). The maximum atomic E-state index is 5.87. The summed E-state index contributed by atoms with van der Waals surface area (Å²) in [6.07, 6.45) is 0. The molecule has 0 saturated carbocycles. The summed E-state index contributed by atoms with van der Waals surface area (Å²) in [6, 6.07) is 6.48.